The van der Waals surface area contributed by atoms with E-state index in [-0.39, 0.29) is 30.0 Å². The molecule has 2 aliphatic heterocycles. The first kappa shape index (κ1) is 38.0. The van der Waals surface area contributed by atoms with Gasteiger partial charge in [0.15, 0.2) is 5.69 Å². The Morgan fingerprint density at radius 2 is 1.41 bits per heavy atom. The summed E-state index contributed by atoms with van der Waals surface area (Å²) in [5, 5.41) is 36.5. The minimum atomic E-state index is -1.53. The number of nitrogens with one attached hydrogen (secondary N) is 1. The lowest BCUT2D eigenvalue weighted by Crippen LogP contribution is -2.53. The number of aryl methyl sites for hydroxylation is 3. The summed E-state index contributed by atoms with van der Waals surface area (Å²) >= 11 is 0. The molecule has 0 spiro atoms. The number of rotatable bonds is 8. The third-order valence-corrected chi connectivity index (χ3v) is 12.4. The number of aromatic hydroxyl groups is 1. The van der Waals surface area contributed by atoms with E-state index in [9.17, 15) is 39.7 Å². The first-order valence-electron chi connectivity index (χ1n) is 18.9. The third-order valence-electron chi connectivity index (χ3n) is 12.4. The molecule has 2 N–H and O–H groups in total. The molecule has 4 aromatic carbocycles. The quantitative estimate of drug-likeness (QED) is 0.0870. The van der Waals surface area contributed by atoms with Crippen molar-refractivity contribution in [1.82, 2.24) is 5.01 Å². The van der Waals surface area contributed by atoms with Crippen molar-refractivity contribution in [1.29, 1.82) is 0 Å². The zero-order valence-electron chi connectivity index (χ0n) is 32.3. The van der Waals surface area contributed by atoms with Crippen molar-refractivity contribution >= 4 is 52.1 Å². The molecule has 296 valence electrons. The van der Waals surface area contributed by atoms with Crippen LogP contribution in [0.5, 0.6) is 5.75 Å². The molecule has 4 amide bonds. The number of fused-ring (bicyclic) bond motifs is 4. The Morgan fingerprint density at radius 3 is 1.98 bits per heavy atom. The number of allylic oxidation sites excluding steroid dienone is 2. The number of phenolic OH excluding ortho intramolecular Hbond substituents is 1. The molecular weight excluding hydrogens is 745 g/mol. The van der Waals surface area contributed by atoms with Gasteiger partial charge in [-0.15, -0.1) is 0 Å². The summed E-state index contributed by atoms with van der Waals surface area (Å²) in [5.41, 5.74) is 4.10. The van der Waals surface area contributed by atoms with Crippen molar-refractivity contribution in [2.45, 2.75) is 44.9 Å². The number of hydrogen-bond donors (Lipinski definition) is 2. The number of amides is 4. The van der Waals surface area contributed by atoms with Crippen molar-refractivity contribution in [3.05, 3.63) is 139 Å². The molecule has 2 aliphatic carbocycles. The van der Waals surface area contributed by atoms with Gasteiger partial charge in [0, 0.05) is 32.1 Å². The second-order valence-electron chi connectivity index (χ2n) is 15.8. The van der Waals surface area contributed by atoms with Crippen LogP contribution in [0, 0.1) is 64.7 Å². The van der Waals surface area contributed by atoms with Crippen LogP contribution in [0.15, 0.2) is 90.5 Å². The molecule has 0 unspecified atom stereocenters. The molecule has 3 fully saturated rings. The Kier molecular flexibility index (Phi) is 8.94. The van der Waals surface area contributed by atoms with E-state index in [4.69, 9.17) is 0 Å². The van der Waals surface area contributed by atoms with E-state index in [1.165, 1.54) is 19.0 Å². The van der Waals surface area contributed by atoms with Gasteiger partial charge in [0.25, 0.3) is 11.8 Å². The number of carbonyl (C=O) groups is 4. The molecule has 6 atom stereocenters. The monoisotopic (exact) mass is 784 g/mol. The number of phenols is 1. The second kappa shape index (κ2) is 13.6. The zero-order valence-corrected chi connectivity index (χ0v) is 32.3. The molecule has 4 aromatic rings. The number of nitrogens with zero attached hydrogens (tertiary/aromatic N) is 5. The average molecular weight is 785 g/mol. The van der Waals surface area contributed by atoms with E-state index in [0.717, 1.165) is 27.6 Å². The summed E-state index contributed by atoms with van der Waals surface area (Å²) in [6, 6.07) is 21.9. The molecule has 15 nitrogen and oxygen atoms in total. The molecule has 0 radical (unpaired) electrons. The molecule has 4 aliphatic rings. The summed E-state index contributed by atoms with van der Waals surface area (Å²) < 4.78 is 0. The number of nitro benzene ring substituents is 2. The lowest BCUT2D eigenvalue weighted by Gasteiger charge is -2.50. The number of hydrogen-bond acceptors (Lipinski definition) is 11. The van der Waals surface area contributed by atoms with Crippen LogP contribution in [-0.4, -0.2) is 57.7 Å². The molecule has 0 bridgehead atoms. The van der Waals surface area contributed by atoms with Gasteiger partial charge in [0.05, 0.1) is 44.4 Å². The second-order valence-corrected chi connectivity index (χ2v) is 15.8. The maximum atomic E-state index is 15.4. The van der Waals surface area contributed by atoms with Crippen LogP contribution in [0.2, 0.25) is 0 Å². The van der Waals surface area contributed by atoms with Crippen LogP contribution in [0.25, 0.3) is 0 Å². The summed E-state index contributed by atoms with van der Waals surface area (Å²) in [4.78, 5) is 84.5. The van der Waals surface area contributed by atoms with Crippen LogP contribution in [0.1, 0.15) is 46.6 Å². The highest BCUT2D eigenvalue weighted by Crippen LogP contribution is 2.64. The van der Waals surface area contributed by atoms with Crippen molar-refractivity contribution in [3.63, 3.8) is 0 Å². The van der Waals surface area contributed by atoms with Gasteiger partial charge in [-0.3, -0.25) is 44.8 Å². The lowest BCUT2D eigenvalue weighted by molar-refractivity contribution is -0.392. The molecule has 0 aromatic heterocycles. The molecule has 2 heterocycles. The zero-order chi connectivity index (χ0) is 41.5. The third kappa shape index (κ3) is 5.47. The Labute approximate surface area is 332 Å². The number of hydrazine groups is 1. The number of benzene rings is 4. The normalized spacial score (nSPS) is 24.9. The van der Waals surface area contributed by atoms with Crippen molar-refractivity contribution in [2.24, 2.45) is 23.7 Å². The summed E-state index contributed by atoms with van der Waals surface area (Å²) in [5.74, 6) is -6.98. The van der Waals surface area contributed by atoms with Crippen LogP contribution in [0.4, 0.5) is 28.4 Å². The Morgan fingerprint density at radius 1 is 0.810 bits per heavy atom. The highest BCUT2D eigenvalue weighted by Gasteiger charge is 2.70. The van der Waals surface area contributed by atoms with Crippen LogP contribution in [0.3, 0.4) is 0 Å². The fourth-order valence-electron chi connectivity index (χ4n) is 9.99. The Hall–Kier alpha value is -6.90. The molecule has 15 heteroatoms. The fraction of sp³-hybridized carbons (Fsp3) is 0.302. The highest BCUT2D eigenvalue weighted by molar-refractivity contribution is 6.23. The van der Waals surface area contributed by atoms with E-state index in [1.54, 1.807) is 50.2 Å². The first-order valence-corrected chi connectivity index (χ1v) is 18.9. The van der Waals surface area contributed by atoms with E-state index >= 15 is 4.79 Å². The number of carbonyl (C=O) groups excluding carboxylic acids is 4. The lowest BCUT2D eigenvalue weighted by atomic mass is 9.49. The van der Waals surface area contributed by atoms with Gasteiger partial charge in [-0.1, -0.05) is 71.8 Å². The van der Waals surface area contributed by atoms with Crippen molar-refractivity contribution < 1.29 is 34.1 Å². The van der Waals surface area contributed by atoms with Gasteiger partial charge in [0.2, 0.25) is 11.8 Å². The molecule has 2 saturated heterocycles. The topological polar surface area (TPSA) is 197 Å². The Bertz CT molecular complexity index is 2440. The molecule has 1 saturated carbocycles. The number of anilines is 3. The van der Waals surface area contributed by atoms with E-state index < -0.39 is 79.9 Å². The minimum Gasteiger partial charge on any atom is -0.507 e. The van der Waals surface area contributed by atoms with Gasteiger partial charge in [-0.05, 0) is 73.9 Å². The predicted octanol–water partition coefficient (Wildman–Crippen LogP) is 6.39. The van der Waals surface area contributed by atoms with Gasteiger partial charge in [-0.25, -0.2) is 4.90 Å². The predicted molar refractivity (Wildman–Crippen MR) is 213 cm³/mol. The molecule has 58 heavy (non-hydrogen) atoms. The van der Waals surface area contributed by atoms with Crippen LogP contribution >= 0.6 is 0 Å². The SMILES string of the molecule is Cc1ccc(NN2C(=O)[C@@H]3C[C@@H]4C(=CC[C@@H]5C(=O)N(c6cc([N+](=O)[O-])c(N(C)C)c([N+](=O)[O-])c6)C(=O)[C@@H]54)[C@H](c4cc(C)c(O)c(C)c4)[C@]3(c3ccccc3)C2=O)cc1. The van der Waals surface area contributed by atoms with E-state index in [1.807, 2.05) is 43.3 Å². The smallest absolute Gasteiger partial charge is 0.301 e. The molecule has 8 rings (SSSR count). The largest absolute Gasteiger partial charge is 0.507 e. The number of nitro groups is 2. The van der Waals surface area contributed by atoms with Gasteiger partial charge >= 0.3 is 11.4 Å². The average Bonchev–Trinajstić information content (AvgIpc) is 3.57. The van der Waals surface area contributed by atoms with Crippen molar-refractivity contribution in [3.8, 4) is 5.75 Å². The number of imide groups is 2. The van der Waals surface area contributed by atoms with E-state index in [0.29, 0.717) is 33.5 Å². The van der Waals surface area contributed by atoms with Gasteiger partial charge < -0.3 is 10.0 Å². The first-order chi connectivity index (χ1) is 27.6. The van der Waals surface area contributed by atoms with Gasteiger partial charge in [0.1, 0.15) is 5.75 Å². The summed E-state index contributed by atoms with van der Waals surface area (Å²) in [6.07, 6.45) is 1.93. The van der Waals surface area contributed by atoms with Gasteiger partial charge in [-0.2, -0.15) is 5.01 Å². The highest BCUT2D eigenvalue weighted by atomic mass is 16.6. The summed E-state index contributed by atoms with van der Waals surface area (Å²) in [6.45, 7) is 5.41. The van der Waals surface area contributed by atoms with Crippen LogP contribution in [-0.2, 0) is 24.6 Å². The van der Waals surface area contributed by atoms with Crippen molar-refractivity contribution in [2.75, 3.05) is 29.3 Å². The van der Waals surface area contributed by atoms with E-state index in [2.05, 4.69) is 5.43 Å². The maximum Gasteiger partial charge on any atom is 0.301 e. The standard InChI is InChI=1S/C43H40N6O9/c1-22-11-13-27(14-12-22)44-47-40(52)32-21-31-29(36(25-17-23(2)38(50)24(3)18-25)43(32,42(47)54)26-9-7-6-8-10-26)15-16-30-35(31)41(53)46(39(30)51)28-19-33(48(55)56)37(45(4)5)34(20-28)49(57)58/h6-15,17-20,30-32,35-36,44,50H,16,21H2,1-5H3/t30-,31+,32-,35-,36-,43+/m0/s1. The minimum absolute atomic E-state index is 0.00217. The fourth-order valence-corrected chi connectivity index (χ4v) is 9.99. The maximum absolute atomic E-state index is 15.4. The van der Waals surface area contributed by atoms with Crippen LogP contribution < -0.4 is 15.2 Å². The molecular formula is C43H40N6O9. The summed E-state index contributed by atoms with van der Waals surface area (Å²) in [7, 11) is 2.84. The Balaban J connectivity index is 1.31.